The van der Waals surface area contributed by atoms with Gasteiger partial charge >= 0.3 is 6.09 Å². The van der Waals surface area contributed by atoms with Crippen molar-refractivity contribution in [3.63, 3.8) is 0 Å². The molecule has 1 aromatic rings. The molecule has 0 spiro atoms. The molecule has 0 radical (unpaired) electrons. The number of rotatable bonds is 3. The summed E-state index contributed by atoms with van der Waals surface area (Å²) in [5.74, 6) is 0.421. The van der Waals surface area contributed by atoms with Gasteiger partial charge in [0.2, 0.25) is 0 Å². The van der Waals surface area contributed by atoms with Crippen LogP contribution in [0.1, 0.15) is 12.5 Å². The molecule has 76 valence electrons. The highest BCUT2D eigenvalue weighted by Gasteiger charge is 2.02. The fourth-order valence-electron chi connectivity index (χ4n) is 0.950. The van der Waals surface area contributed by atoms with Gasteiger partial charge < -0.3 is 15.8 Å². The number of carbonyl (C=O) groups excluding carboxylic acids is 1. The Kier molecular flexibility index (Phi) is 3.72. The highest BCUT2D eigenvalue weighted by molar-refractivity contribution is 5.67. The van der Waals surface area contributed by atoms with Crippen LogP contribution in [0.15, 0.2) is 18.3 Å². The van der Waals surface area contributed by atoms with Gasteiger partial charge in [-0.15, -0.1) is 0 Å². The molecule has 0 aliphatic carbocycles. The van der Waals surface area contributed by atoms with E-state index in [9.17, 15) is 4.79 Å². The Morgan fingerprint density at radius 1 is 1.71 bits per heavy atom. The lowest BCUT2D eigenvalue weighted by Crippen LogP contribution is -2.24. The normalized spacial score (nSPS) is 9.50. The fourth-order valence-corrected chi connectivity index (χ4v) is 0.950. The van der Waals surface area contributed by atoms with Crippen molar-refractivity contribution in [2.24, 2.45) is 0 Å². The molecule has 1 rings (SSSR count). The Balaban J connectivity index is 2.46. The zero-order valence-electron chi connectivity index (χ0n) is 7.99. The molecule has 14 heavy (non-hydrogen) atoms. The zero-order valence-corrected chi connectivity index (χ0v) is 7.99. The van der Waals surface area contributed by atoms with Gasteiger partial charge in [-0.2, -0.15) is 0 Å². The first-order valence-electron chi connectivity index (χ1n) is 4.34. The summed E-state index contributed by atoms with van der Waals surface area (Å²) in [6, 6.07) is 3.56. The standard InChI is InChI=1S/C9H13N3O2/c1-2-14-9(13)12-6-7-4-3-5-11-8(7)10/h3-5H,2,6H2,1H3,(H2,10,11)(H,12,13). The first kappa shape index (κ1) is 10.3. The van der Waals surface area contributed by atoms with Crippen LogP contribution in [0.25, 0.3) is 0 Å². The van der Waals surface area contributed by atoms with Crippen molar-refractivity contribution in [3.05, 3.63) is 23.9 Å². The number of carbonyl (C=O) groups is 1. The summed E-state index contributed by atoms with van der Waals surface area (Å²) < 4.78 is 4.69. The van der Waals surface area contributed by atoms with Gasteiger partial charge in [0, 0.05) is 18.3 Å². The molecule has 5 nitrogen and oxygen atoms in total. The van der Waals surface area contributed by atoms with Gasteiger partial charge in [0.05, 0.1) is 6.61 Å². The van der Waals surface area contributed by atoms with Gasteiger partial charge in [-0.3, -0.25) is 0 Å². The molecular weight excluding hydrogens is 182 g/mol. The van der Waals surface area contributed by atoms with E-state index >= 15 is 0 Å². The monoisotopic (exact) mass is 195 g/mol. The summed E-state index contributed by atoms with van der Waals surface area (Å²) in [5, 5.41) is 2.56. The molecule has 0 bridgehead atoms. The number of anilines is 1. The van der Waals surface area contributed by atoms with E-state index in [0.717, 1.165) is 5.56 Å². The number of hydrogen-bond acceptors (Lipinski definition) is 4. The van der Waals surface area contributed by atoms with Crippen LogP contribution in [0.2, 0.25) is 0 Å². The average Bonchev–Trinajstić information content (AvgIpc) is 2.17. The largest absolute Gasteiger partial charge is 0.450 e. The number of amides is 1. The van der Waals surface area contributed by atoms with Crippen LogP contribution >= 0.6 is 0 Å². The summed E-state index contributed by atoms with van der Waals surface area (Å²) in [6.07, 6.45) is 1.15. The fraction of sp³-hybridized carbons (Fsp3) is 0.333. The third kappa shape index (κ3) is 2.93. The summed E-state index contributed by atoms with van der Waals surface area (Å²) in [4.78, 5) is 14.8. The van der Waals surface area contributed by atoms with E-state index in [-0.39, 0.29) is 0 Å². The van der Waals surface area contributed by atoms with E-state index < -0.39 is 6.09 Å². The molecule has 0 aliphatic rings. The smallest absolute Gasteiger partial charge is 0.407 e. The number of aromatic nitrogens is 1. The predicted molar refractivity (Wildman–Crippen MR) is 52.5 cm³/mol. The Morgan fingerprint density at radius 3 is 3.14 bits per heavy atom. The lowest BCUT2D eigenvalue weighted by molar-refractivity contribution is 0.151. The first-order valence-corrected chi connectivity index (χ1v) is 4.34. The maximum Gasteiger partial charge on any atom is 0.407 e. The second-order valence-electron chi connectivity index (χ2n) is 2.62. The SMILES string of the molecule is CCOC(=O)NCc1cccnc1N. The number of nitrogens with two attached hydrogens (primary N) is 1. The van der Waals surface area contributed by atoms with Crippen molar-refractivity contribution in [2.75, 3.05) is 12.3 Å². The molecular formula is C9H13N3O2. The third-order valence-electron chi connectivity index (χ3n) is 1.62. The van der Waals surface area contributed by atoms with Crippen LogP contribution in [0.4, 0.5) is 10.6 Å². The number of nitrogens with one attached hydrogen (secondary N) is 1. The molecule has 0 saturated carbocycles. The summed E-state index contributed by atoms with van der Waals surface area (Å²) >= 11 is 0. The molecule has 0 aromatic carbocycles. The molecule has 0 unspecified atom stereocenters. The molecule has 0 saturated heterocycles. The van der Waals surface area contributed by atoms with E-state index in [0.29, 0.717) is 19.0 Å². The topological polar surface area (TPSA) is 77.2 Å². The molecule has 1 amide bonds. The van der Waals surface area contributed by atoms with E-state index in [1.807, 2.05) is 0 Å². The minimum Gasteiger partial charge on any atom is -0.450 e. The van der Waals surface area contributed by atoms with Gasteiger partial charge in [-0.05, 0) is 13.0 Å². The average molecular weight is 195 g/mol. The second-order valence-corrected chi connectivity index (χ2v) is 2.62. The molecule has 1 aromatic heterocycles. The van der Waals surface area contributed by atoms with Gasteiger partial charge in [0.25, 0.3) is 0 Å². The van der Waals surface area contributed by atoms with Crippen molar-refractivity contribution >= 4 is 11.9 Å². The first-order chi connectivity index (χ1) is 6.74. The minimum atomic E-state index is -0.448. The van der Waals surface area contributed by atoms with Crippen molar-refractivity contribution in [3.8, 4) is 0 Å². The van der Waals surface area contributed by atoms with E-state index in [1.165, 1.54) is 0 Å². The second kappa shape index (κ2) is 5.06. The molecule has 0 atom stereocenters. The summed E-state index contributed by atoms with van der Waals surface area (Å²) in [5.41, 5.74) is 6.36. The molecule has 0 aliphatic heterocycles. The molecule has 5 heteroatoms. The van der Waals surface area contributed by atoms with Crippen LogP contribution in [-0.2, 0) is 11.3 Å². The van der Waals surface area contributed by atoms with Gasteiger partial charge in [0.15, 0.2) is 0 Å². The lowest BCUT2D eigenvalue weighted by atomic mass is 10.2. The van der Waals surface area contributed by atoms with E-state index in [4.69, 9.17) is 10.5 Å². The minimum absolute atomic E-state index is 0.332. The van der Waals surface area contributed by atoms with E-state index in [2.05, 4.69) is 10.3 Å². The van der Waals surface area contributed by atoms with Crippen molar-refractivity contribution < 1.29 is 9.53 Å². The van der Waals surface area contributed by atoms with Gasteiger partial charge in [-0.1, -0.05) is 6.07 Å². The maximum atomic E-state index is 10.9. The lowest BCUT2D eigenvalue weighted by Gasteiger charge is -2.06. The Hall–Kier alpha value is -1.78. The van der Waals surface area contributed by atoms with E-state index in [1.54, 1.807) is 25.3 Å². The Morgan fingerprint density at radius 2 is 2.50 bits per heavy atom. The Bertz CT molecular complexity index is 315. The molecule has 1 heterocycles. The van der Waals surface area contributed by atoms with Crippen LogP contribution in [0, 0.1) is 0 Å². The van der Waals surface area contributed by atoms with Crippen LogP contribution in [0.5, 0.6) is 0 Å². The van der Waals surface area contributed by atoms with Crippen LogP contribution in [-0.4, -0.2) is 17.7 Å². The third-order valence-corrected chi connectivity index (χ3v) is 1.62. The number of hydrogen-bond donors (Lipinski definition) is 2. The van der Waals surface area contributed by atoms with Crippen molar-refractivity contribution in [2.45, 2.75) is 13.5 Å². The summed E-state index contributed by atoms with van der Waals surface area (Å²) in [7, 11) is 0. The maximum absolute atomic E-state index is 10.9. The summed E-state index contributed by atoms with van der Waals surface area (Å²) in [6.45, 7) is 2.44. The highest BCUT2D eigenvalue weighted by atomic mass is 16.5. The molecule has 0 fully saturated rings. The van der Waals surface area contributed by atoms with Gasteiger partial charge in [-0.25, -0.2) is 9.78 Å². The van der Waals surface area contributed by atoms with Crippen LogP contribution < -0.4 is 11.1 Å². The zero-order chi connectivity index (χ0) is 10.4. The quantitative estimate of drug-likeness (QED) is 0.751. The van der Waals surface area contributed by atoms with Crippen molar-refractivity contribution in [1.82, 2.24) is 10.3 Å². The van der Waals surface area contributed by atoms with Crippen LogP contribution in [0.3, 0.4) is 0 Å². The number of alkyl carbamates (subject to hydrolysis) is 1. The number of pyridine rings is 1. The molecule has 3 N–H and O–H groups in total. The Labute approximate surface area is 82.3 Å². The van der Waals surface area contributed by atoms with Crippen molar-refractivity contribution in [1.29, 1.82) is 0 Å². The number of ether oxygens (including phenoxy) is 1. The number of nitrogens with zero attached hydrogens (tertiary/aromatic N) is 1. The number of nitrogen functional groups attached to an aromatic ring is 1. The predicted octanol–water partition coefficient (Wildman–Crippen LogP) is 0.910. The highest BCUT2D eigenvalue weighted by Crippen LogP contribution is 2.05. The van der Waals surface area contributed by atoms with Gasteiger partial charge in [0.1, 0.15) is 5.82 Å².